The van der Waals surface area contributed by atoms with Crippen molar-refractivity contribution in [2.75, 3.05) is 26.9 Å². The Balaban J connectivity index is 1.78. The summed E-state index contributed by atoms with van der Waals surface area (Å²) in [4.78, 5) is 37.0. The van der Waals surface area contributed by atoms with Gasteiger partial charge in [-0.05, 0) is 43.7 Å². The zero-order valence-corrected chi connectivity index (χ0v) is 17.3. The minimum atomic E-state index is -0.776. The second-order valence-corrected chi connectivity index (χ2v) is 6.57. The minimum absolute atomic E-state index is 0.0969. The van der Waals surface area contributed by atoms with Crippen molar-refractivity contribution in [2.24, 2.45) is 0 Å². The van der Waals surface area contributed by atoms with Crippen molar-refractivity contribution < 1.29 is 28.2 Å². The third-order valence-corrected chi connectivity index (χ3v) is 4.38. The molecule has 0 fully saturated rings. The van der Waals surface area contributed by atoms with E-state index in [4.69, 9.17) is 18.6 Å². The summed E-state index contributed by atoms with van der Waals surface area (Å²) in [5.41, 5.74) is -0.391. The van der Waals surface area contributed by atoms with Gasteiger partial charge in [-0.25, -0.2) is 9.59 Å². The topological polar surface area (TPSA) is 104 Å². The van der Waals surface area contributed by atoms with Gasteiger partial charge in [-0.15, -0.1) is 0 Å². The van der Waals surface area contributed by atoms with E-state index in [-0.39, 0.29) is 22.5 Å². The number of para-hydroxylation sites is 1. The molecule has 0 unspecified atom stereocenters. The van der Waals surface area contributed by atoms with Crippen LogP contribution in [0.2, 0.25) is 0 Å². The highest BCUT2D eigenvalue weighted by Crippen LogP contribution is 2.24. The van der Waals surface area contributed by atoms with Crippen LogP contribution in [0.15, 0.2) is 57.7 Å². The monoisotopic (exact) mass is 425 g/mol. The zero-order valence-electron chi connectivity index (χ0n) is 17.3. The van der Waals surface area contributed by atoms with Crippen LogP contribution in [0.4, 0.5) is 0 Å². The summed E-state index contributed by atoms with van der Waals surface area (Å²) in [7, 11) is 1.57. The molecule has 0 saturated heterocycles. The van der Waals surface area contributed by atoms with Crippen LogP contribution in [0, 0.1) is 0 Å². The third kappa shape index (κ3) is 5.49. The van der Waals surface area contributed by atoms with Crippen molar-refractivity contribution in [1.82, 2.24) is 5.32 Å². The lowest BCUT2D eigenvalue weighted by Crippen LogP contribution is -2.29. The van der Waals surface area contributed by atoms with Gasteiger partial charge in [0.2, 0.25) is 0 Å². The average molecular weight is 425 g/mol. The number of hydrogen-bond donors (Lipinski definition) is 1. The fraction of sp³-hybridized carbons (Fsp3) is 0.261. The van der Waals surface area contributed by atoms with E-state index in [9.17, 15) is 14.4 Å². The van der Waals surface area contributed by atoms with Crippen molar-refractivity contribution in [3.8, 4) is 11.5 Å². The van der Waals surface area contributed by atoms with Crippen LogP contribution in [0.25, 0.3) is 11.0 Å². The zero-order chi connectivity index (χ0) is 22.2. The first kappa shape index (κ1) is 22.0. The number of rotatable bonds is 9. The molecule has 0 radical (unpaired) electrons. The van der Waals surface area contributed by atoms with E-state index in [1.54, 1.807) is 43.5 Å². The highest BCUT2D eigenvalue weighted by atomic mass is 16.5. The lowest BCUT2D eigenvalue weighted by atomic mass is 10.1. The largest absolute Gasteiger partial charge is 0.493 e. The maximum Gasteiger partial charge on any atom is 0.349 e. The molecular formula is C23H23NO7. The van der Waals surface area contributed by atoms with E-state index in [1.807, 2.05) is 6.92 Å². The van der Waals surface area contributed by atoms with Crippen molar-refractivity contribution in [3.63, 3.8) is 0 Å². The first-order valence-corrected chi connectivity index (χ1v) is 9.82. The predicted octanol–water partition coefficient (Wildman–Crippen LogP) is 3.18. The molecule has 0 aliphatic rings. The molecule has 0 aliphatic carbocycles. The predicted molar refractivity (Wildman–Crippen MR) is 114 cm³/mol. The third-order valence-electron chi connectivity index (χ3n) is 4.38. The number of carbonyl (C=O) groups is 2. The van der Waals surface area contributed by atoms with E-state index < -0.39 is 17.5 Å². The second-order valence-electron chi connectivity index (χ2n) is 6.57. The van der Waals surface area contributed by atoms with E-state index >= 15 is 0 Å². The van der Waals surface area contributed by atoms with Gasteiger partial charge in [0.05, 0.1) is 6.61 Å². The lowest BCUT2D eigenvalue weighted by Gasteiger charge is -2.10. The standard InChI is InChI=1S/C23H23NO7/c1-3-29-19-8-5-4-7-17(19)22(26)30-16-10-9-15-13-18(23(27)31-20(15)14-16)21(25)24-11-6-12-28-2/h4-5,7-10,13-14H,3,6,11-12H2,1-2H3,(H,24,25). The molecule has 1 amide bonds. The molecule has 8 nitrogen and oxygen atoms in total. The van der Waals surface area contributed by atoms with Crippen LogP contribution in [-0.2, 0) is 4.74 Å². The molecule has 31 heavy (non-hydrogen) atoms. The van der Waals surface area contributed by atoms with Crippen LogP contribution in [0.1, 0.15) is 34.1 Å². The summed E-state index contributed by atoms with van der Waals surface area (Å²) in [5.74, 6) is -0.500. The number of esters is 1. The minimum Gasteiger partial charge on any atom is -0.493 e. The van der Waals surface area contributed by atoms with Gasteiger partial charge in [-0.1, -0.05) is 12.1 Å². The fourth-order valence-corrected chi connectivity index (χ4v) is 2.91. The number of fused-ring (bicyclic) bond motifs is 1. The van der Waals surface area contributed by atoms with E-state index in [2.05, 4.69) is 5.32 Å². The first-order chi connectivity index (χ1) is 15.0. The molecule has 3 aromatic rings. The normalized spacial score (nSPS) is 10.6. The van der Waals surface area contributed by atoms with Crippen molar-refractivity contribution in [3.05, 3.63) is 70.1 Å². The average Bonchev–Trinajstić information content (AvgIpc) is 2.76. The summed E-state index contributed by atoms with van der Waals surface area (Å²) in [6.07, 6.45) is 0.627. The number of carbonyl (C=O) groups excluding carboxylic acids is 2. The number of methoxy groups -OCH3 is 1. The molecule has 162 valence electrons. The molecule has 0 saturated carbocycles. The molecule has 0 bridgehead atoms. The number of benzene rings is 2. The molecule has 0 spiro atoms. The van der Waals surface area contributed by atoms with E-state index in [1.165, 1.54) is 12.1 Å². The SMILES string of the molecule is CCOc1ccccc1C(=O)Oc1ccc2cc(C(=O)NCCCOC)c(=O)oc2c1. The number of nitrogens with one attached hydrogen (secondary N) is 1. The van der Waals surface area contributed by atoms with Crippen LogP contribution >= 0.6 is 0 Å². The van der Waals surface area contributed by atoms with E-state index in [0.717, 1.165) is 0 Å². The Kier molecular flexibility index (Phi) is 7.40. The second kappa shape index (κ2) is 10.4. The molecule has 1 aromatic heterocycles. The Morgan fingerprint density at radius 3 is 2.65 bits per heavy atom. The van der Waals surface area contributed by atoms with Crippen molar-refractivity contribution in [2.45, 2.75) is 13.3 Å². The van der Waals surface area contributed by atoms with E-state index in [0.29, 0.717) is 37.3 Å². The quantitative estimate of drug-likeness (QED) is 0.243. The van der Waals surface area contributed by atoms with Gasteiger partial charge in [0.25, 0.3) is 5.91 Å². The van der Waals surface area contributed by atoms with Crippen LogP contribution in [0.5, 0.6) is 11.5 Å². The fourth-order valence-electron chi connectivity index (χ4n) is 2.91. The Labute approximate surface area is 178 Å². The van der Waals surface area contributed by atoms with Crippen molar-refractivity contribution >= 4 is 22.8 Å². The van der Waals surface area contributed by atoms with Gasteiger partial charge in [-0.3, -0.25) is 4.79 Å². The maximum atomic E-state index is 12.5. The Morgan fingerprint density at radius 1 is 1.06 bits per heavy atom. The smallest absolute Gasteiger partial charge is 0.349 e. The molecule has 1 N–H and O–H groups in total. The number of amides is 1. The highest BCUT2D eigenvalue weighted by Gasteiger charge is 2.17. The number of ether oxygens (including phenoxy) is 3. The molecule has 2 aromatic carbocycles. The Bertz CT molecular complexity index is 1140. The first-order valence-electron chi connectivity index (χ1n) is 9.82. The summed E-state index contributed by atoms with van der Waals surface area (Å²) in [5, 5.41) is 3.17. The van der Waals surface area contributed by atoms with Crippen LogP contribution < -0.4 is 20.4 Å². The molecule has 3 rings (SSSR count). The van der Waals surface area contributed by atoms with Gasteiger partial charge in [0, 0.05) is 31.7 Å². The van der Waals surface area contributed by atoms with Gasteiger partial charge < -0.3 is 23.9 Å². The molecule has 1 heterocycles. The molecular weight excluding hydrogens is 402 g/mol. The molecule has 0 atom stereocenters. The maximum absolute atomic E-state index is 12.5. The lowest BCUT2D eigenvalue weighted by molar-refractivity contribution is 0.0730. The van der Waals surface area contributed by atoms with Crippen LogP contribution in [-0.4, -0.2) is 38.7 Å². The highest BCUT2D eigenvalue weighted by molar-refractivity contribution is 5.97. The number of hydrogen-bond acceptors (Lipinski definition) is 7. The molecule has 8 heteroatoms. The van der Waals surface area contributed by atoms with Crippen LogP contribution in [0.3, 0.4) is 0 Å². The Hall–Kier alpha value is -3.65. The van der Waals surface area contributed by atoms with Gasteiger partial charge >= 0.3 is 11.6 Å². The Morgan fingerprint density at radius 2 is 1.87 bits per heavy atom. The van der Waals surface area contributed by atoms with Gasteiger partial charge in [0.15, 0.2) is 0 Å². The molecule has 0 aliphatic heterocycles. The van der Waals surface area contributed by atoms with Gasteiger partial charge in [0.1, 0.15) is 28.2 Å². The summed E-state index contributed by atoms with van der Waals surface area (Å²) in [6.45, 7) is 3.11. The van der Waals surface area contributed by atoms with Gasteiger partial charge in [-0.2, -0.15) is 0 Å². The van der Waals surface area contributed by atoms with Crippen molar-refractivity contribution in [1.29, 1.82) is 0 Å². The summed E-state index contributed by atoms with van der Waals surface area (Å²) in [6, 6.07) is 12.8. The summed E-state index contributed by atoms with van der Waals surface area (Å²) < 4.78 is 21.1. The summed E-state index contributed by atoms with van der Waals surface area (Å²) >= 11 is 0.